The molecule has 0 spiro atoms. The SMILES string of the molecule is Br.CNC.NCCCNCC(O)O. The minimum Gasteiger partial charge on any atom is -0.367 e. The van der Waals surface area contributed by atoms with Crippen LogP contribution in [0.1, 0.15) is 6.42 Å². The summed E-state index contributed by atoms with van der Waals surface area (Å²) in [6, 6.07) is 0. The van der Waals surface area contributed by atoms with Crippen molar-refractivity contribution in [2.75, 3.05) is 33.7 Å². The van der Waals surface area contributed by atoms with E-state index in [-0.39, 0.29) is 23.5 Å². The van der Waals surface area contributed by atoms with Crippen molar-refractivity contribution in [2.45, 2.75) is 12.7 Å². The summed E-state index contributed by atoms with van der Waals surface area (Å²) >= 11 is 0. The highest BCUT2D eigenvalue weighted by Crippen LogP contribution is 1.72. The smallest absolute Gasteiger partial charge is 0.164 e. The first-order valence-electron chi connectivity index (χ1n) is 4.04. The summed E-state index contributed by atoms with van der Waals surface area (Å²) in [6.45, 7) is 1.60. The summed E-state index contributed by atoms with van der Waals surface area (Å²) in [7, 11) is 3.75. The van der Waals surface area contributed by atoms with Crippen LogP contribution in [0.3, 0.4) is 0 Å². The summed E-state index contributed by atoms with van der Waals surface area (Å²) in [5, 5.41) is 22.2. The molecule has 0 saturated heterocycles. The lowest BCUT2D eigenvalue weighted by Crippen LogP contribution is -2.28. The van der Waals surface area contributed by atoms with Gasteiger partial charge in [0.2, 0.25) is 0 Å². The van der Waals surface area contributed by atoms with E-state index >= 15 is 0 Å². The number of aliphatic hydroxyl groups is 2. The highest BCUT2D eigenvalue weighted by Gasteiger charge is 1.92. The summed E-state index contributed by atoms with van der Waals surface area (Å²) in [6.07, 6.45) is -0.380. The molecule has 0 rings (SSSR count). The minimum atomic E-state index is -1.25. The van der Waals surface area contributed by atoms with Crippen LogP contribution in [0.15, 0.2) is 0 Å². The molecule has 0 aliphatic carbocycles. The lowest BCUT2D eigenvalue weighted by molar-refractivity contribution is -0.0370. The zero-order valence-electron chi connectivity index (χ0n) is 8.29. The second-order valence-electron chi connectivity index (χ2n) is 2.33. The number of nitrogens with two attached hydrogens (primary N) is 1. The number of halogens is 1. The Balaban J connectivity index is -0.000000220. The van der Waals surface area contributed by atoms with E-state index in [4.69, 9.17) is 15.9 Å². The molecule has 0 saturated carbocycles. The zero-order chi connectivity index (χ0) is 9.82. The normalized spacial score (nSPS) is 8.77. The molecular weight excluding hydrogens is 238 g/mol. The van der Waals surface area contributed by atoms with Crippen molar-refractivity contribution in [3.63, 3.8) is 0 Å². The first-order chi connectivity index (χ1) is 5.68. The molecule has 0 radical (unpaired) electrons. The topological polar surface area (TPSA) is 90.5 Å². The highest BCUT2D eigenvalue weighted by molar-refractivity contribution is 8.93. The van der Waals surface area contributed by atoms with Gasteiger partial charge in [-0.25, -0.2) is 0 Å². The van der Waals surface area contributed by atoms with Gasteiger partial charge in [0, 0.05) is 6.54 Å². The minimum absolute atomic E-state index is 0. The van der Waals surface area contributed by atoms with Crippen molar-refractivity contribution >= 4 is 17.0 Å². The second-order valence-corrected chi connectivity index (χ2v) is 2.33. The van der Waals surface area contributed by atoms with Gasteiger partial charge in [0.15, 0.2) is 6.29 Å². The maximum absolute atomic E-state index is 8.31. The maximum Gasteiger partial charge on any atom is 0.164 e. The Labute approximate surface area is 90.5 Å². The Morgan fingerprint density at radius 3 is 2.08 bits per heavy atom. The largest absolute Gasteiger partial charge is 0.367 e. The van der Waals surface area contributed by atoms with E-state index in [1.165, 1.54) is 0 Å². The quantitative estimate of drug-likeness (QED) is 0.311. The average Bonchev–Trinajstić information content (AvgIpc) is 1.99. The van der Waals surface area contributed by atoms with Gasteiger partial charge >= 0.3 is 0 Å². The molecule has 13 heavy (non-hydrogen) atoms. The number of rotatable bonds is 5. The first kappa shape index (κ1) is 18.9. The van der Waals surface area contributed by atoms with E-state index in [1.807, 2.05) is 14.1 Å². The van der Waals surface area contributed by atoms with Crippen LogP contribution in [0.5, 0.6) is 0 Å². The molecule has 0 aliphatic rings. The number of hydrogen-bond acceptors (Lipinski definition) is 5. The average molecular weight is 260 g/mol. The molecule has 0 heterocycles. The van der Waals surface area contributed by atoms with Gasteiger partial charge < -0.3 is 26.6 Å². The van der Waals surface area contributed by atoms with Crippen LogP contribution in [-0.2, 0) is 0 Å². The van der Waals surface area contributed by atoms with Gasteiger partial charge in [0.25, 0.3) is 0 Å². The Morgan fingerprint density at radius 1 is 1.31 bits per heavy atom. The van der Waals surface area contributed by atoms with Crippen molar-refractivity contribution in [3.05, 3.63) is 0 Å². The van der Waals surface area contributed by atoms with Gasteiger partial charge in [-0.05, 0) is 33.6 Å². The number of aliphatic hydroxyl groups excluding tert-OH is 1. The van der Waals surface area contributed by atoms with Crippen LogP contribution < -0.4 is 16.4 Å². The summed E-state index contributed by atoms with van der Waals surface area (Å²) in [4.78, 5) is 0. The van der Waals surface area contributed by atoms with Crippen LogP contribution in [-0.4, -0.2) is 50.2 Å². The van der Waals surface area contributed by atoms with Crippen LogP contribution >= 0.6 is 17.0 Å². The monoisotopic (exact) mass is 259 g/mol. The molecule has 0 fully saturated rings. The van der Waals surface area contributed by atoms with E-state index in [9.17, 15) is 0 Å². The van der Waals surface area contributed by atoms with E-state index in [1.54, 1.807) is 0 Å². The molecule has 0 unspecified atom stereocenters. The van der Waals surface area contributed by atoms with Gasteiger partial charge in [-0.15, -0.1) is 17.0 Å². The van der Waals surface area contributed by atoms with Crippen LogP contribution in [0, 0.1) is 0 Å². The van der Waals surface area contributed by atoms with Gasteiger partial charge in [-0.1, -0.05) is 0 Å². The van der Waals surface area contributed by atoms with Crippen molar-refractivity contribution in [1.29, 1.82) is 0 Å². The number of hydrogen-bond donors (Lipinski definition) is 5. The fraction of sp³-hybridized carbons (Fsp3) is 1.00. The van der Waals surface area contributed by atoms with Gasteiger partial charge in [0.1, 0.15) is 0 Å². The number of nitrogens with one attached hydrogen (secondary N) is 2. The van der Waals surface area contributed by atoms with Crippen molar-refractivity contribution in [2.24, 2.45) is 5.73 Å². The standard InChI is InChI=1S/C5H14N2O2.C2H7N.BrH/c6-2-1-3-7-4-5(8)9;1-3-2;/h5,7-9H,1-4,6H2;3H,1-2H3;1H. The molecule has 0 aromatic rings. The van der Waals surface area contributed by atoms with Gasteiger partial charge in [-0.3, -0.25) is 0 Å². The Morgan fingerprint density at radius 2 is 1.77 bits per heavy atom. The molecule has 6 heteroatoms. The third kappa shape index (κ3) is 32.9. The lowest BCUT2D eigenvalue weighted by atomic mass is 10.4. The molecular formula is C7H22BrN3O2. The van der Waals surface area contributed by atoms with Gasteiger partial charge in [-0.2, -0.15) is 0 Å². The van der Waals surface area contributed by atoms with Crippen molar-refractivity contribution < 1.29 is 10.2 Å². The van der Waals surface area contributed by atoms with Gasteiger partial charge in [0.05, 0.1) is 0 Å². The molecule has 6 N–H and O–H groups in total. The Hall–Kier alpha value is 0.280. The molecule has 0 amide bonds. The summed E-state index contributed by atoms with van der Waals surface area (Å²) in [5.74, 6) is 0. The predicted octanol–water partition coefficient (Wildman–Crippen LogP) is -1.35. The first-order valence-corrected chi connectivity index (χ1v) is 4.04. The Kier molecular flexibility index (Phi) is 26.4. The van der Waals surface area contributed by atoms with E-state index < -0.39 is 6.29 Å². The summed E-state index contributed by atoms with van der Waals surface area (Å²) in [5.41, 5.74) is 5.18. The molecule has 0 atom stereocenters. The second kappa shape index (κ2) is 18.1. The third-order valence-corrected chi connectivity index (χ3v) is 0.885. The van der Waals surface area contributed by atoms with E-state index in [0.717, 1.165) is 13.0 Å². The zero-order valence-corrected chi connectivity index (χ0v) is 10.00. The molecule has 0 bridgehead atoms. The fourth-order valence-electron chi connectivity index (χ4n) is 0.458. The molecule has 0 aliphatic heterocycles. The van der Waals surface area contributed by atoms with Crippen LogP contribution in [0.4, 0.5) is 0 Å². The Bertz CT molecular complexity index is 76.8. The lowest BCUT2D eigenvalue weighted by Gasteiger charge is -2.03. The molecule has 0 aromatic heterocycles. The third-order valence-electron chi connectivity index (χ3n) is 0.885. The highest BCUT2D eigenvalue weighted by atomic mass is 79.9. The molecule has 84 valence electrons. The molecule has 5 nitrogen and oxygen atoms in total. The van der Waals surface area contributed by atoms with E-state index in [2.05, 4.69) is 10.6 Å². The van der Waals surface area contributed by atoms with Crippen LogP contribution in [0.2, 0.25) is 0 Å². The van der Waals surface area contributed by atoms with Crippen LogP contribution in [0.25, 0.3) is 0 Å². The van der Waals surface area contributed by atoms with Crippen molar-refractivity contribution in [3.8, 4) is 0 Å². The maximum atomic E-state index is 8.31. The predicted molar refractivity (Wildman–Crippen MR) is 60.1 cm³/mol. The van der Waals surface area contributed by atoms with E-state index in [0.29, 0.717) is 6.54 Å². The fourth-order valence-corrected chi connectivity index (χ4v) is 0.458. The van der Waals surface area contributed by atoms with Crippen molar-refractivity contribution in [1.82, 2.24) is 10.6 Å². The molecule has 0 aromatic carbocycles. The summed E-state index contributed by atoms with van der Waals surface area (Å²) < 4.78 is 0.